The minimum absolute atomic E-state index is 0.238. The third kappa shape index (κ3) is 3.30. The Kier molecular flexibility index (Phi) is 4.19. The van der Waals surface area contributed by atoms with Crippen molar-refractivity contribution >= 4 is 21.6 Å². The van der Waals surface area contributed by atoms with Crippen LogP contribution in [0.2, 0.25) is 0 Å². The standard InChI is InChI=1S/C16H21N5O4S/c1-11-7-18-12(8-17-11)9-19-15(22)14-6-16(25-20-14)4-5-21(10-16)26(23,24)13-2-3-13/h7-8,13H,2-6,9-10H2,1H3,(H,19,22). The minimum atomic E-state index is -3.23. The van der Waals surface area contributed by atoms with E-state index in [9.17, 15) is 13.2 Å². The molecule has 1 saturated carbocycles. The molecule has 9 nitrogen and oxygen atoms in total. The zero-order valence-electron chi connectivity index (χ0n) is 14.5. The van der Waals surface area contributed by atoms with Gasteiger partial charge in [0.05, 0.1) is 35.9 Å². The molecule has 0 aromatic carbocycles. The Labute approximate surface area is 151 Å². The summed E-state index contributed by atoms with van der Waals surface area (Å²) in [6, 6.07) is 0. The van der Waals surface area contributed by atoms with Crippen LogP contribution in [0.5, 0.6) is 0 Å². The van der Waals surface area contributed by atoms with E-state index in [0.717, 1.165) is 18.5 Å². The summed E-state index contributed by atoms with van der Waals surface area (Å²) in [6.07, 6.45) is 5.58. The highest BCUT2D eigenvalue weighted by Gasteiger charge is 2.52. The first-order chi connectivity index (χ1) is 12.4. The van der Waals surface area contributed by atoms with Gasteiger partial charge in [-0.05, 0) is 19.8 Å². The molecule has 140 valence electrons. The van der Waals surface area contributed by atoms with E-state index in [1.54, 1.807) is 12.4 Å². The van der Waals surface area contributed by atoms with Crippen molar-refractivity contribution in [2.24, 2.45) is 5.16 Å². The first kappa shape index (κ1) is 17.3. The summed E-state index contributed by atoms with van der Waals surface area (Å²) < 4.78 is 26.2. The number of aryl methyl sites for hydroxylation is 1. The molecule has 1 aromatic heterocycles. The smallest absolute Gasteiger partial charge is 0.269 e. The van der Waals surface area contributed by atoms with E-state index >= 15 is 0 Å². The van der Waals surface area contributed by atoms with Crippen LogP contribution in [0.1, 0.15) is 37.1 Å². The number of amides is 1. The lowest BCUT2D eigenvalue weighted by Crippen LogP contribution is -2.39. The molecule has 1 spiro atoms. The van der Waals surface area contributed by atoms with E-state index in [4.69, 9.17) is 4.84 Å². The largest absolute Gasteiger partial charge is 0.387 e. The van der Waals surface area contributed by atoms with Gasteiger partial charge in [-0.3, -0.25) is 14.8 Å². The maximum absolute atomic E-state index is 12.4. The predicted octanol–water partition coefficient (Wildman–Crippen LogP) is 0.114. The number of hydrogen-bond donors (Lipinski definition) is 1. The van der Waals surface area contributed by atoms with Crippen LogP contribution in [-0.2, 0) is 26.2 Å². The molecule has 0 bridgehead atoms. The van der Waals surface area contributed by atoms with Crippen LogP contribution in [0.15, 0.2) is 17.5 Å². The summed E-state index contributed by atoms with van der Waals surface area (Å²) in [6.45, 7) is 2.77. The van der Waals surface area contributed by atoms with Gasteiger partial charge in [-0.25, -0.2) is 8.42 Å². The Morgan fingerprint density at radius 1 is 1.38 bits per heavy atom. The van der Waals surface area contributed by atoms with E-state index in [-0.39, 0.29) is 30.0 Å². The SMILES string of the molecule is Cc1cnc(CNC(=O)C2=NOC3(CCN(S(=O)(=O)C4CC4)C3)C2)cn1. The number of nitrogens with zero attached hydrogens (tertiary/aromatic N) is 4. The molecule has 4 rings (SSSR count). The summed E-state index contributed by atoms with van der Waals surface area (Å²) in [5.41, 5.74) is 1.04. The van der Waals surface area contributed by atoms with Crippen LogP contribution in [0, 0.1) is 6.92 Å². The first-order valence-electron chi connectivity index (χ1n) is 8.68. The summed E-state index contributed by atoms with van der Waals surface area (Å²) in [7, 11) is -3.23. The number of rotatable bonds is 5. The van der Waals surface area contributed by atoms with Crippen molar-refractivity contribution in [1.82, 2.24) is 19.6 Å². The number of sulfonamides is 1. The number of oxime groups is 1. The lowest BCUT2D eigenvalue weighted by atomic mass is 9.96. The van der Waals surface area contributed by atoms with Crippen molar-refractivity contribution in [3.05, 3.63) is 23.8 Å². The van der Waals surface area contributed by atoms with Crippen LogP contribution >= 0.6 is 0 Å². The predicted molar refractivity (Wildman–Crippen MR) is 92.6 cm³/mol. The van der Waals surface area contributed by atoms with Gasteiger partial charge >= 0.3 is 0 Å². The highest BCUT2D eigenvalue weighted by atomic mass is 32.2. The van der Waals surface area contributed by atoms with Gasteiger partial charge in [-0.2, -0.15) is 4.31 Å². The van der Waals surface area contributed by atoms with Gasteiger partial charge in [0.15, 0.2) is 5.60 Å². The van der Waals surface area contributed by atoms with Gasteiger partial charge in [-0.1, -0.05) is 5.16 Å². The molecule has 2 fully saturated rings. The monoisotopic (exact) mass is 379 g/mol. The highest BCUT2D eigenvalue weighted by molar-refractivity contribution is 7.90. The van der Waals surface area contributed by atoms with Gasteiger partial charge in [0.25, 0.3) is 5.91 Å². The van der Waals surface area contributed by atoms with E-state index in [0.29, 0.717) is 25.1 Å². The topological polar surface area (TPSA) is 114 Å². The van der Waals surface area contributed by atoms with Crippen LogP contribution in [0.25, 0.3) is 0 Å². The molecule has 26 heavy (non-hydrogen) atoms. The number of hydrogen-bond acceptors (Lipinski definition) is 7. The van der Waals surface area contributed by atoms with Crippen molar-refractivity contribution in [2.75, 3.05) is 13.1 Å². The molecule has 3 aliphatic rings. The van der Waals surface area contributed by atoms with Crippen LogP contribution in [-0.4, -0.2) is 58.3 Å². The molecule has 10 heteroatoms. The Hall–Kier alpha value is -2.07. The molecule has 1 aromatic rings. The zero-order chi connectivity index (χ0) is 18.4. The van der Waals surface area contributed by atoms with Gasteiger partial charge in [0.1, 0.15) is 5.71 Å². The highest BCUT2D eigenvalue weighted by Crippen LogP contribution is 2.39. The van der Waals surface area contributed by atoms with Gasteiger partial charge in [0, 0.05) is 25.6 Å². The fourth-order valence-electron chi connectivity index (χ4n) is 3.25. The summed E-state index contributed by atoms with van der Waals surface area (Å²) >= 11 is 0. The Balaban J connectivity index is 1.33. The molecule has 1 aliphatic carbocycles. The lowest BCUT2D eigenvalue weighted by Gasteiger charge is -2.21. The molecule has 3 heterocycles. The number of aromatic nitrogens is 2. The number of carbonyl (C=O) groups is 1. The second kappa shape index (κ2) is 6.27. The number of nitrogens with one attached hydrogen (secondary N) is 1. The van der Waals surface area contributed by atoms with Crippen LogP contribution in [0.4, 0.5) is 0 Å². The van der Waals surface area contributed by atoms with Gasteiger partial charge in [-0.15, -0.1) is 0 Å². The normalized spacial score (nSPS) is 26.0. The molecule has 1 N–H and O–H groups in total. The molecular formula is C16H21N5O4S. The lowest BCUT2D eigenvalue weighted by molar-refractivity contribution is -0.115. The van der Waals surface area contributed by atoms with Crippen molar-refractivity contribution in [3.63, 3.8) is 0 Å². The van der Waals surface area contributed by atoms with E-state index < -0.39 is 15.6 Å². The van der Waals surface area contributed by atoms with E-state index in [1.165, 1.54) is 4.31 Å². The average molecular weight is 379 g/mol. The van der Waals surface area contributed by atoms with Crippen molar-refractivity contribution < 1.29 is 18.0 Å². The molecule has 0 radical (unpaired) electrons. The van der Waals surface area contributed by atoms with Crippen molar-refractivity contribution in [1.29, 1.82) is 0 Å². The second-order valence-corrected chi connectivity index (χ2v) is 9.36. The Morgan fingerprint density at radius 3 is 2.88 bits per heavy atom. The van der Waals surface area contributed by atoms with E-state index in [2.05, 4.69) is 20.4 Å². The minimum Gasteiger partial charge on any atom is -0.387 e. The maximum Gasteiger partial charge on any atom is 0.269 e. The summed E-state index contributed by atoms with van der Waals surface area (Å²) in [5, 5.41) is 6.44. The molecular weight excluding hydrogens is 358 g/mol. The second-order valence-electron chi connectivity index (χ2n) is 7.15. The summed E-state index contributed by atoms with van der Waals surface area (Å²) in [4.78, 5) is 26.2. The Morgan fingerprint density at radius 2 is 2.19 bits per heavy atom. The average Bonchev–Trinajstić information content (AvgIpc) is 3.29. The van der Waals surface area contributed by atoms with Crippen LogP contribution < -0.4 is 5.32 Å². The molecule has 1 unspecified atom stereocenters. The fraction of sp³-hybridized carbons (Fsp3) is 0.625. The Bertz CT molecular complexity index is 850. The fourth-order valence-corrected chi connectivity index (χ4v) is 5.16. The van der Waals surface area contributed by atoms with Gasteiger partial charge < -0.3 is 10.2 Å². The molecule has 2 aliphatic heterocycles. The first-order valence-corrected chi connectivity index (χ1v) is 10.2. The van der Waals surface area contributed by atoms with Crippen molar-refractivity contribution in [3.8, 4) is 0 Å². The molecule has 1 atom stereocenters. The zero-order valence-corrected chi connectivity index (χ0v) is 15.3. The van der Waals surface area contributed by atoms with Crippen LogP contribution in [0.3, 0.4) is 0 Å². The quantitative estimate of drug-likeness (QED) is 0.777. The summed E-state index contributed by atoms with van der Waals surface area (Å²) in [5.74, 6) is -0.326. The van der Waals surface area contributed by atoms with Crippen molar-refractivity contribution in [2.45, 2.75) is 50.0 Å². The third-order valence-electron chi connectivity index (χ3n) is 4.95. The third-order valence-corrected chi connectivity index (χ3v) is 7.30. The number of carbonyl (C=O) groups excluding carboxylic acids is 1. The van der Waals surface area contributed by atoms with Gasteiger partial charge in [0.2, 0.25) is 10.0 Å². The van der Waals surface area contributed by atoms with E-state index in [1.807, 2.05) is 6.92 Å². The maximum atomic E-state index is 12.4. The molecule has 1 amide bonds. The molecule has 1 saturated heterocycles.